The molecule has 0 unspecified atom stereocenters. The molecule has 0 amide bonds. The van der Waals surface area contributed by atoms with Gasteiger partial charge in [-0.2, -0.15) is 0 Å². The Morgan fingerprint density at radius 1 is 1.39 bits per heavy atom. The highest BCUT2D eigenvalue weighted by molar-refractivity contribution is 5.74. The average Bonchev–Trinajstić information content (AvgIpc) is 2.67. The largest absolute Gasteiger partial charge is 0.441 e. The summed E-state index contributed by atoms with van der Waals surface area (Å²) in [7, 11) is 0. The van der Waals surface area contributed by atoms with Gasteiger partial charge in [0, 0.05) is 12.3 Å². The van der Waals surface area contributed by atoms with Crippen LogP contribution < -0.4 is 5.73 Å². The van der Waals surface area contributed by atoms with Crippen molar-refractivity contribution in [1.82, 2.24) is 4.98 Å². The van der Waals surface area contributed by atoms with E-state index < -0.39 is 0 Å². The molecule has 0 bridgehead atoms. The van der Waals surface area contributed by atoms with E-state index in [4.69, 9.17) is 14.9 Å². The van der Waals surface area contributed by atoms with Gasteiger partial charge in [-0.1, -0.05) is 6.07 Å². The van der Waals surface area contributed by atoms with E-state index in [0.717, 1.165) is 43.7 Å². The lowest BCUT2D eigenvalue weighted by molar-refractivity contribution is -0.0648. The summed E-state index contributed by atoms with van der Waals surface area (Å²) in [6.45, 7) is 4.17. The first-order valence-corrected chi connectivity index (χ1v) is 6.39. The number of oxazole rings is 1. The number of ether oxygens (including phenoxy) is 1. The second-order valence-electron chi connectivity index (χ2n) is 5.08. The van der Waals surface area contributed by atoms with Crippen molar-refractivity contribution in [3.8, 4) is 0 Å². The van der Waals surface area contributed by atoms with Gasteiger partial charge in [0.2, 0.25) is 0 Å². The number of fused-ring (bicyclic) bond motifs is 1. The highest BCUT2D eigenvalue weighted by atomic mass is 16.5. The van der Waals surface area contributed by atoms with Gasteiger partial charge in [0.15, 0.2) is 11.5 Å². The summed E-state index contributed by atoms with van der Waals surface area (Å²) >= 11 is 0. The van der Waals surface area contributed by atoms with Gasteiger partial charge in [-0.15, -0.1) is 0 Å². The molecule has 1 saturated heterocycles. The molecule has 1 aromatic heterocycles. The molecule has 0 spiro atoms. The molecule has 3 rings (SSSR count). The number of aryl methyl sites for hydroxylation is 1. The molecule has 1 aliphatic heterocycles. The molecule has 1 aliphatic rings. The quantitative estimate of drug-likeness (QED) is 0.897. The summed E-state index contributed by atoms with van der Waals surface area (Å²) < 4.78 is 10.9. The molecule has 96 valence electrons. The van der Waals surface area contributed by atoms with Gasteiger partial charge < -0.3 is 14.9 Å². The maximum absolute atomic E-state index is 5.62. The lowest BCUT2D eigenvalue weighted by Gasteiger charge is -2.42. The van der Waals surface area contributed by atoms with Crippen LogP contribution in [0.3, 0.4) is 0 Å². The number of hydrogen-bond acceptors (Lipinski definition) is 4. The van der Waals surface area contributed by atoms with Crippen molar-refractivity contribution in [2.45, 2.75) is 25.2 Å². The van der Waals surface area contributed by atoms with Gasteiger partial charge in [-0.05, 0) is 37.1 Å². The number of nitrogens with two attached hydrogens (primary N) is 1. The molecule has 4 nitrogen and oxygen atoms in total. The van der Waals surface area contributed by atoms with Crippen LogP contribution in [0.2, 0.25) is 0 Å². The Morgan fingerprint density at radius 3 is 2.89 bits per heavy atom. The smallest absolute Gasteiger partial charge is 0.192 e. The van der Waals surface area contributed by atoms with Crippen molar-refractivity contribution >= 4 is 11.1 Å². The molecule has 0 aliphatic carbocycles. The predicted molar refractivity (Wildman–Crippen MR) is 69.5 cm³/mol. The van der Waals surface area contributed by atoms with Crippen LogP contribution >= 0.6 is 0 Å². The van der Waals surface area contributed by atoms with E-state index in [1.54, 1.807) is 0 Å². The van der Waals surface area contributed by atoms with Gasteiger partial charge in [-0.3, -0.25) is 0 Å². The summed E-state index contributed by atoms with van der Waals surface area (Å²) in [6.07, 6.45) is 2.10. The Kier molecular flexibility index (Phi) is 2.84. The SMILES string of the molecule is Cc1nc2cc(C3(CCCN)COC3)ccc2o1. The van der Waals surface area contributed by atoms with E-state index in [1.807, 2.05) is 13.0 Å². The number of nitrogens with zero attached hydrogens (tertiary/aromatic N) is 1. The summed E-state index contributed by atoms with van der Waals surface area (Å²) in [6, 6.07) is 6.27. The van der Waals surface area contributed by atoms with Gasteiger partial charge in [0.05, 0.1) is 13.2 Å². The molecule has 2 aromatic rings. The Bertz CT molecular complexity index is 558. The molecular weight excluding hydrogens is 228 g/mol. The minimum Gasteiger partial charge on any atom is -0.441 e. The fourth-order valence-corrected chi connectivity index (χ4v) is 2.62. The fourth-order valence-electron chi connectivity index (χ4n) is 2.62. The maximum Gasteiger partial charge on any atom is 0.192 e. The van der Waals surface area contributed by atoms with E-state index in [0.29, 0.717) is 5.89 Å². The molecule has 0 atom stereocenters. The van der Waals surface area contributed by atoms with E-state index in [9.17, 15) is 0 Å². The minimum absolute atomic E-state index is 0.139. The van der Waals surface area contributed by atoms with Crippen LogP contribution in [-0.4, -0.2) is 24.7 Å². The van der Waals surface area contributed by atoms with Crippen LogP contribution in [0.15, 0.2) is 22.6 Å². The van der Waals surface area contributed by atoms with Crippen molar-refractivity contribution in [3.05, 3.63) is 29.7 Å². The second kappa shape index (κ2) is 4.37. The topological polar surface area (TPSA) is 61.3 Å². The lowest BCUT2D eigenvalue weighted by atomic mass is 9.75. The van der Waals surface area contributed by atoms with Crippen molar-refractivity contribution in [3.63, 3.8) is 0 Å². The van der Waals surface area contributed by atoms with Gasteiger partial charge in [0.1, 0.15) is 5.52 Å². The van der Waals surface area contributed by atoms with Crippen LogP contribution in [0.4, 0.5) is 0 Å². The highest BCUT2D eigenvalue weighted by Crippen LogP contribution is 2.37. The van der Waals surface area contributed by atoms with Crippen molar-refractivity contribution in [1.29, 1.82) is 0 Å². The van der Waals surface area contributed by atoms with Crippen LogP contribution in [0.1, 0.15) is 24.3 Å². The Hall–Kier alpha value is -1.39. The lowest BCUT2D eigenvalue weighted by Crippen LogP contribution is -2.47. The predicted octanol–water partition coefficient (Wildman–Crippen LogP) is 2.14. The summed E-state index contributed by atoms with van der Waals surface area (Å²) in [5.74, 6) is 0.711. The zero-order valence-electron chi connectivity index (χ0n) is 10.6. The Morgan fingerprint density at radius 2 is 2.22 bits per heavy atom. The minimum atomic E-state index is 0.139. The van der Waals surface area contributed by atoms with E-state index >= 15 is 0 Å². The summed E-state index contributed by atoms with van der Waals surface area (Å²) in [4.78, 5) is 4.39. The van der Waals surface area contributed by atoms with Crippen molar-refractivity contribution < 1.29 is 9.15 Å². The Labute approximate surface area is 106 Å². The molecule has 2 N–H and O–H groups in total. The molecule has 0 saturated carbocycles. The molecule has 18 heavy (non-hydrogen) atoms. The first-order valence-electron chi connectivity index (χ1n) is 6.39. The van der Waals surface area contributed by atoms with E-state index in [-0.39, 0.29) is 5.41 Å². The molecule has 1 fully saturated rings. The summed E-state index contributed by atoms with van der Waals surface area (Å²) in [5, 5.41) is 0. The third-order valence-corrected chi connectivity index (χ3v) is 3.72. The maximum atomic E-state index is 5.62. The molecule has 2 heterocycles. The van der Waals surface area contributed by atoms with Crippen LogP contribution in [0.5, 0.6) is 0 Å². The van der Waals surface area contributed by atoms with Gasteiger partial charge in [-0.25, -0.2) is 4.98 Å². The third-order valence-electron chi connectivity index (χ3n) is 3.72. The molecule has 0 radical (unpaired) electrons. The van der Waals surface area contributed by atoms with Crippen LogP contribution in [0.25, 0.3) is 11.1 Å². The number of benzene rings is 1. The highest BCUT2D eigenvalue weighted by Gasteiger charge is 2.39. The number of hydrogen-bond donors (Lipinski definition) is 1. The fraction of sp³-hybridized carbons (Fsp3) is 0.500. The van der Waals surface area contributed by atoms with E-state index in [2.05, 4.69) is 17.1 Å². The van der Waals surface area contributed by atoms with Gasteiger partial charge in [0.25, 0.3) is 0 Å². The van der Waals surface area contributed by atoms with Crippen molar-refractivity contribution in [2.24, 2.45) is 5.73 Å². The first-order chi connectivity index (χ1) is 8.73. The molecule has 1 aromatic carbocycles. The Balaban J connectivity index is 1.96. The zero-order valence-corrected chi connectivity index (χ0v) is 10.6. The van der Waals surface area contributed by atoms with Crippen molar-refractivity contribution in [2.75, 3.05) is 19.8 Å². The zero-order chi connectivity index (χ0) is 12.6. The standard InChI is InChI=1S/C14H18N2O2/c1-10-16-12-7-11(3-4-13(12)18-10)14(5-2-6-15)8-17-9-14/h3-4,7H,2,5-6,8-9,15H2,1H3. The third kappa shape index (κ3) is 1.82. The number of aromatic nitrogens is 1. The molecular formula is C14H18N2O2. The first kappa shape index (κ1) is 11.7. The van der Waals surface area contributed by atoms with Crippen LogP contribution in [0, 0.1) is 6.92 Å². The normalized spacial score (nSPS) is 17.9. The van der Waals surface area contributed by atoms with E-state index in [1.165, 1.54) is 5.56 Å². The monoisotopic (exact) mass is 246 g/mol. The second-order valence-corrected chi connectivity index (χ2v) is 5.08. The van der Waals surface area contributed by atoms with Crippen LogP contribution in [-0.2, 0) is 10.2 Å². The average molecular weight is 246 g/mol. The number of rotatable bonds is 4. The molecule has 4 heteroatoms. The van der Waals surface area contributed by atoms with Gasteiger partial charge >= 0.3 is 0 Å². The summed E-state index contributed by atoms with van der Waals surface area (Å²) in [5.41, 5.74) is 8.84.